The van der Waals surface area contributed by atoms with Crippen molar-refractivity contribution in [1.82, 2.24) is 19.5 Å². The number of aromatic nitrogens is 4. The van der Waals surface area contributed by atoms with E-state index in [4.69, 9.17) is 31.1 Å². The van der Waals surface area contributed by atoms with Crippen LogP contribution in [-0.2, 0) is 24.9 Å². The molecule has 1 saturated heterocycles. The third-order valence-corrected chi connectivity index (χ3v) is 6.59. The molecule has 0 bridgehead atoms. The standard InChI is InChI=1S/C18H20ClFN5O4P/c1-11(7-25-9-24-16-17(21)22-8-23-18(16)25)27-10-30(26)28-6-5-14(29-30)12-3-2-4-13(19)15(12)20/h2-4,8-9,11,14H,5-7,10H2,1H3,(H2,21,22,23)/t11?,14-,30?/m0/s1. The van der Waals surface area contributed by atoms with Gasteiger partial charge in [0.25, 0.3) is 0 Å². The van der Waals surface area contributed by atoms with E-state index in [9.17, 15) is 8.96 Å². The minimum Gasteiger partial charge on any atom is -0.382 e. The van der Waals surface area contributed by atoms with Crippen molar-refractivity contribution >= 4 is 36.2 Å². The smallest absolute Gasteiger partial charge is 0.356 e. The van der Waals surface area contributed by atoms with Crippen LogP contribution in [0.5, 0.6) is 0 Å². The molecule has 3 aromatic rings. The monoisotopic (exact) mass is 455 g/mol. The Labute approximate surface area is 176 Å². The molecule has 0 saturated carbocycles. The molecule has 2 unspecified atom stereocenters. The Morgan fingerprint density at radius 3 is 3.10 bits per heavy atom. The number of ether oxygens (including phenoxy) is 1. The van der Waals surface area contributed by atoms with Crippen molar-refractivity contribution in [2.24, 2.45) is 0 Å². The summed E-state index contributed by atoms with van der Waals surface area (Å²) in [5, 5.41) is -0.0145. The van der Waals surface area contributed by atoms with Crippen molar-refractivity contribution in [3.05, 3.63) is 47.3 Å². The van der Waals surface area contributed by atoms with Crippen LogP contribution in [0.1, 0.15) is 25.0 Å². The molecule has 0 aliphatic carbocycles. The van der Waals surface area contributed by atoms with Crippen molar-refractivity contribution in [2.45, 2.75) is 32.1 Å². The Hall–Kier alpha value is -2.10. The highest BCUT2D eigenvalue weighted by atomic mass is 35.5. The Morgan fingerprint density at radius 2 is 2.27 bits per heavy atom. The minimum atomic E-state index is -3.57. The topological polar surface area (TPSA) is 114 Å². The first-order valence-electron chi connectivity index (χ1n) is 9.25. The van der Waals surface area contributed by atoms with Gasteiger partial charge in [0.05, 0.1) is 36.7 Å². The lowest BCUT2D eigenvalue weighted by molar-refractivity contribution is 0.0331. The quantitative estimate of drug-likeness (QED) is 0.556. The summed E-state index contributed by atoms with van der Waals surface area (Å²) in [6.07, 6.45) is 1.95. The third kappa shape index (κ3) is 4.33. The lowest BCUT2D eigenvalue weighted by Gasteiger charge is -2.30. The van der Waals surface area contributed by atoms with Gasteiger partial charge in [-0.3, -0.25) is 9.09 Å². The van der Waals surface area contributed by atoms with E-state index in [1.165, 1.54) is 12.4 Å². The maximum Gasteiger partial charge on any atom is 0.356 e. The zero-order valence-electron chi connectivity index (χ0n) is 16.1. The number of nitrogens with two attached hydrogens (primary N) is 1. The van der Waals surface area contributed by atoms with Crippen molar-refractivity contribution in [2.75, 3.05) is 18.7 Å². The second kappa shape index (κ2) is 8.56. The van der Waals surface area contributed by atoms with Gasteiger partial charge in [-0.15, -0.1) is 0 Å². The Kier molecular flexibility index (Phi) is 6.04. The highest BCUT2D eigenvalue weighted by Crippen LogP contribution is 2.56. The van der Waals surface area contributed by atoms with Crippen LogP contribution in [0, 0.1) is 5.82 Å². The molecule has 0 amide bonds. The first kappa shape index (κ1) is 21.1. The summed E-state index contributed by atoms with van der Waals surface area (Å²) in [7, 11) is -3.57. The fourth-order valence-corrected chi connectivity index (χ4v) is 5.01. The van der Waals surface area contributed by atoms with Gasteiger partial charge in [-0.25, -0.2) is 19.3 Å². The minimum absolute atomic E-state index is 0.0145. The van der Waals surface area contributed by atoms with Gasteiger partial charge in [-0.05, 0) is 13.0 Å². The Balaban J connectivity index is 1.40. The van der Waals surface area contributed by atoms with Gasteiger partial charge in [0.2, 0.25) is 0 Å². The van der Waals surface area contributed by atoms with Gasteiger partial charge in [0.15, 0.2) is 11.5 Å². The predicted molar refractivity (Wildman–Crippen MR) is 109 cm³/mol. The fraction of sp³-hybridized carbons (Fsp3) is 0.389. The van der Waals surface area contributed by atoms with Crippen molar-refractivity contribution in [3.8, 4) is 0 Å². The molecule has 9 nitrogen and oxygen atoms in total. The molecule has 3 atom stereocenters. The van der Waals surface area contributed by atoms with Gasteiger partial charge in [0, 0.05) is 12.0 Å². The van der Waals surface area contributed by atoms with Crippen LogP contribution in [0.15, 0.2) is 30.9 Å². The molecule has 0 radical (unpaired) electrons. The van der Waals surface area contributed by atoms with E-state index in [2.05, 4.69) is 15.0 Å². The SMILES string of the molecule is CC(Cn1cnc2c(N)ncnc21)OCP1(=O)OCC[C@@H](c2cccc(Cl)c2F)O1. The summed E-state index contributed by atoms with van der Waals surface area (Å²) in [5.74, 6) is -0.291. The summed E-state index contributed by atoms with van der Waals surface area (Å²) in [6.45, 7) is 2.36. The average molecular weight is 456 g/mol. The number of hydrogen-bond donors (Lipinski definition) is 1. The maximum absolute atomic E-state index is 14.3. The second-order valence-corrected chi connectivity index (χ2v) is 9.26. The summed E-state index contributed by atoms with van der Waals surface area (Å²) in [5.41, 5.74) is 7.12. The largest absolute Gasteiger partial charge is 0.382 e. The van der Waals surface area contributed by atoms with Crippen LogP contribution in [-0.4, -0.2) is 38.6 Å². The number of imidazole rings is 1. The molecule has 160 valence electrons. The molecule has 12 heteroatoms. The van der Waals surface area contributed by atoms with Gasteiger partial charge in [-0.2, -0.15) is 0 Å². The summed E-state index contributed by atoms with van der Waals surface area (Å²) in [6, 6.07) is 4.62. The van der Waals surface area contributed by atoms with Crippen molar-refractivity contribution < 1.29 is 22.7 Å². The van der Waals surface area contributed by atoms with E-state index >= 15 is 0 Å². The van der Waals surface area contributed by atoms with Crippen LogP contribution < -0.4 is 5.73 Å². The maximum atomic E-state index is 14.3. The third-order valence-electron chi connectivity index (χ3n) is 4.68. The van der Waals surface area contributed by atoms with E-state index in [1.54, 1.807) is 30.0 Å². The van der Waals surface area contributed by atoms with Crippen LogP contribution in [0.2, 0.25) is 5.02 Å². The number of anilines is 1. The van der Waals surface area contributed by atoms with E-state index in [0.717, 1.165) is 0 Å². The first-order valence-corrected chi connectivity index (χ1v) is 11.4. The van der Waals surface area contributed by atoms with Crippen LogP contribution in [0.25, 0.3) is 11.2 Å². The number of benzene rings is 1. The number of hydrogen-bond acceptors (Lipinski definition) is 8. The number of rotatable bonds is 6. The molecular formula is C18H20ClFN5O4P. The van der Waals surface area contributed by atoms with E-state index in [-0.39, 0.29) is 29.6 Å². The number of nitrogens with zero attached hydrogens (tertiary/aromatic N) is 4. The molecule has 1 aliphatic rings. The predicted octanol–water partition coefficient (Wildman–Crippen LogP) is 3.93. The molecular weight excluding hydrogens is 436 g/mol. The summed E-state index contributed by atoms with van der Waals surface area (Å²) < 4.78 is 45.8. The molecule has 1 fully saturated rings. The lowest BCUT2D eigenvalue weighted by atomic mass is 10.1. The molecule has 1 aromatic carbocycles. The highest BCUT2D eigenvalue weighted by Gasteiger charge is 2.36. The average Bonchev–Trinajstić information content (AvgIpc) is 3.13. The Morgan fingerprint density at radius 1 is 1.43 bits per heavy atom. The Bertz CT molecular complexity index is 1110. The van der Waals surface area contributed by atoms with Gasteiger partial charge < -0.3 is 19.6 Å². The summed E-state index contributed by atoms with van der Waals surface area (Å²) in [4.78, 5) is 12.3. The molecule has 3 heterocycles. The number of nitrogen functional groups attached to an aromatic ring is 1. The first-order chi connectivity index (χ1) is 14.4. The van der Waals surface area contributed by atoms with Crippen molar-refractivity contribution in [3.63, 3.8) is 0 Å². The highest BCUT2D eigenvalue weighted by molar-refractivity contribution is 7.53. The normalized spacial score (nSPS) is 23.0. The number of fused-ring (bicyclic) bond motifs is 1. The molecule has 0 spiro atoms. The molecule has 1 aliphatic heterocycles. The van der Waals surface area contributed by atoms with E-state index < -0.39 is 19.5 Å². The summed E-state index contributed by atoms with van der Waals surface area (Å²) >= 11 is 5.85. The molecule has 2 aromatic heterocycles. The molecule has 30 heavy (non-hydrogen) atoms. The van der Waals surface area contributed by atoms with E-state index in [0.29, 0.717) is 29.9 Å². The molecule has 2 N–H and O–H groups in total. The van der Waals surface area contributed by atoms with Gasteiger partial charge >= 0.3 is 7.60 Å². The fourth-order valence-electron chi connectivity index (χ4n) is 3.21. The van der Waals surface area contributed by atoms with E-state index in [1.807, 2.05) is 0 Å². The second-order valence-electron chi connectivity index (χ2n) is 6.90. The van der Waals surface area contributed by atoms with Crippen LogP contribution in [0.3, 0.4) is 0 Å². The lowest BCUT2D eigenvalue weighted by Crippen LogP contribution is -2.21. The van der Waals surface area contributed by atoms with Crippen LogP contribution in [0.4, 0.5) is 10.2 Å². The van der Waals surface area contributed by atoms with Crippen LogP contribution >= 0.6 is 19.2 Å². The van der Waals surface area contributed by atoms with Crippen molar-refractivity contribution in [1.29, 1.82) is 0 Å². The molecule has 4 rings (SSSR count). The van der Waals surface area contributed by atoms with Gasteiger partial charge in [0.1, 0.15) is 24.0 Å². The number of halogens is 2. The van der Waals surface area contributed by atoms with Gasteiger partial charge in [-0.1, -0.05) is 23.7 Å². The zero-order chi connectivity index (χ0) is 21.3. The zero-order valence-corrected chi connectivity index (χ0v) is 17.7.